The van der Waals surface area contributed by atoms with Crippen molar-refractivity contribution in [2.75, 3.05) is 0 Å². The van der Waals surface area contributed by atoms with Crippen LogP contribution in [0.5, 0.6) is 0 Å². The van der Waals surface area contributed by atoms with E-state index in [-0.39, 0.29) is 0 Å². The number of benzene rings is 1. The van der Waals surface area contributed by atoms with Gasteiger partial charge in [-0.2, -0.15) is 4.39 Å². The Morgan fingerprint density at radius 3 is 2.39 bits per heavy atom. The number of halogens is 1. The minimum Gasteiger partial charge on any atom is -0.385 e. The molecule has 2 atom stereocenters. The molecule has 1 aromatic carbocycles. The molecule has 0 radical (unpaired) electrons. The van der Waals surface area contributed by atoms with Gasteiger partial charge in [-0.15, -0.1) is 0 Å². The van der Waals surface area contributed by atoms with Crippen molar-refractivity contribution < 1.29 is 9.50 Å². The zero-order chi connectivity index (χ0) is 15.9. The molecule has 2 aliphatic rings. The number of hydrogen-bond donors (Lipinski definition) is 1. The van der Waals surface area contributed by atoms with E-state index in [1.165, 1.54) is 17.8 Å². The smallest absolute Gasteiger partial charge is 0.212 e. The molecule has 4 rings (SSSR count). The fourth-order valence-corrected chi connectivity index (χ4v) is 4.26. The van der Waals surface area contributed by atoms with Crippen LogP contribution in [0.4, 0.5) is 4.39 Å². The van der Waals surface area contributed by atoms with E-state index < -0.39 is 11.5 Å². The maximum absolute atomic E-state index is 13.0. The largest absolute Gasteiger partial charge is 0.385 e. The second-order valence-electron chi connectivity index (χ2n) is 6.85. The number of nitrogens with zero attached hydrogens (tertiary/aromatic N) is 2. The highest BCUT2D eigenvalue weighted by atomic mass is 19.1. The maximum Gasteiger partial charge on any atom is 0.212 e. The summed E-state index contributed by atoms with van der Waals surface area (Å²) < 4.78 is 13.0. The second-order valence-corrected chi connectivity index (χ2v) is 6.85. The van der Waals surface area contributed by atoms with Crippen LogP contribution in [0.25, 0.3) is 0 Å². The molecule has 23 heavy (non-hydrogen) atoms. The molecular formula is C19H21FN2O. The predicted molar refractivity (Wildman–Crippen MR) is 86.1 cm³/mol. The minimum atomic E-state index is -0.875. The van der Waals surface area contributed by atoms with Crippen LogP contribution >= 0.6 is 0 Å². The third kappa shape index (κ3) is 2.77. The van der Waals surface area contributed by atoms with Crippen molar-refractivity contribution in [2.45, 2.75) is 49.9 Å². The first-order valence-corrected chi connectivity index (χ1v) is 8.28. The van der Waals surface area contributed by atoms with Crippen molar-refractivity contribution in [1.82, 2.24) is 9.88 Å². The van der Waals surface area contributed by atoms with Crippen molar-refractivity contribution in [3.05, 3.63) is 65.7 Å². The molecule has 2 saturated heterocycles. The lowest BCUT2D eigenvalue weighted by atomic mass is 9.81. The van der Waals surface area contributed by atoms with E-state index in [4.69, 9.17) is 0 Å². The van der Waals surface area contributed by atoms with Gasteiger partial charge in [-0.1, -0.05) is 36.4 Å². The van der Waals surface area contributed by atoms with Gasteiger partial charge in [-0.05, 0) is 37.3 Å². The number of hydrogen-bond acceptors (Lipinski definition) is 3. The van der Waals surface area contributed by atoms with E-state index in [0.29, 0.717) is 24.9 Å². The summed E-state index contributed by atoms with van der Waals surface area (Å²) >= 11 is 0. The molecule has 0 amide bonds. The molecule has 1 N–H and O–H groups in total. The van der Waals surface area contributed by atoms with E-state index in [0.717, 1.165) is 24.9 Å². The van der Waals surface area contributed by atoms with E-state index in [2.05, 4.69) is 34.1 Å². The van der Waals surface area contributed by atoms with Crippen LogP contribution in [0.15, 0.2) is 48.7 Å². The van der Waals surface area contributed by atoms with Gasteiger partial charge in [0.1, 0.15) is 0 Å². The summed E-state index contributed by atoms with van der Waals surface area (Å²) in [4.78, 5) is 6.25. The molecule has 120 valence electrons. The zero-order valence-electron chi connectivity index (χ0n) is 13.0. The van der Waals surface area contributed by atoms with E-state index in [9.17, 15) is 9.50 Å². The number of rotatable bonds is 3. The Hall–Kier alpha value is -1.78. The molecular weight excluding hydrogens is 291 g/mol. The van der Waals surface area contributed by atoms with Gasteiger partial charge >= 0.3 is 0 Å². The van der Waals surface area contributed by atoms with Gasteiger partial charge in [0, 0.05) is 30.4 Å². The molecule has 0 aliphatic carbocycles. The third-order valence-electron chi connectivity index (χ3n) is 5.39. The topological polar surface area (TPSA) is 36.4 Å². The van der Waals surface area contributed by atoms with Crippen LogP contribution in [-0.2, 0) is 12.1 Å². The highest BCUT2D eigenvalue weighted by molar-refractivity contribution is 5.23. The number of fused-ring (bicyclic) bond motifs is 2. The maximum atomic E-state index is 13.0. The molecule has 2 bridgehead atoms. The minimum absolute atomic E-state index is 0.379. The van der Waals surface area contributed by atoms with Crippen molar-refractivity contribution in [3.8, 4) is 0 Å². The Bertz CT molecular complexity index is 660. The first-order chi connectivity index (χ1) is 11.1. The highest BCUT2D eigenvalue weighted by Gasteiger charge is 2.48. The Labute approximate surface area is 135 Å². The monoisotopic (exact) mass is 312 g/mol. The van der Waals surface area contributed by atoms with Crippen molar-refractivity contribution >= 4 is 0 Å². The summed E-state index contributed by atoms with van der Waals surface area (Å²) in [6.45, 7) is 0.938. The van der Waals surface area contributed by atoms with Gasteiger partial charge < -0.3 is 5.11 Å². The summed E-state index contributed by atoms with van der Waals surface area (Å²) in [5.41, 5.74) is 1.19. The first kappa shape index (κ1) is 14.8. The molecule has 3 heterocycles. The summed E-state index contributed by atoms with van der Waals surface area (Å²) in [6.07, 6.45) is 5.12. The average Bonchev–Trinajstić information content (AvgIpc) is 2.80. The molecule has 0 spiro atoms. The molecule has 1 aromatic heterocycles. The Kier molecular flexibility index (Phi) is 3.66. The standard InChI is InChI=1S/C19H21FN2O/c20-18-9-6-15(12-21-18)19(23)10-16-7-8-17(11-19)22(16)13-14-4-2-1-3-5-14/h1-6,9,12,16-17,23H,7-8,10-11,13H2. The van der Waals surface area contributed by atoms with Crippen LogP contribution in [-0.4, -0.2) is 27.1 Å². The van der Waals surface area contributed by atoms with Crippen LogP contribution < -0.4 is 0 Å². The van der Waals surface area contributed by atoms with Gasteiger partial charge in [-0.25, -0.2) is 4.98 Å². The van der Waals surface area contributed by atoms with Gasteiger partial charge in [-0.3, -0.25) is 4.90 Å². The number of pyridine rings is 1. The number of aliphatic hydroxyl groups is 1. The third-order valence-corrected chi connectivity index (χ3v) is 5.39. The van der Waals surface area contributed by atoms with Crippen LogP contribution in [0.1, 0.15) is 36.8 Å². The first-order valence-electron chi connectivity index (χ1n) is 8.28. The normalized spacial score (nSPS) is 30.5. The Balaban J connectivity index is 1.54. The number of piperidine rings is 1. The molecule has 2 fully saturated rings. The summed E-state index contributed by atoms with van der Waals surface area (Å²) in [7, 11) is 0. The van der Waals surface area contributed by atoms with E-state index >= 15 is 0 Å². The van der Waals surface area contributed by atoms with Gasteiger partial charge in [0.15, 0.2) is 0 Å². The molecule has 2 aliphatic heterocycles. The summed E-state index contributed by atoms with van der Waals surface area (Å²) in [5.74, 6) is -0.498. The molecule has 4 heteroatoms. The fourth-order valence-electron chi connectivity index (χ4n) is 4.26. The molecule has 2 unspecified atom stereocenters. The van der Waals surface area contributed by atoms with Crippen LogP contribution in [0.2, 0.25) is 0 Å². The number of aromatic nitrogens is 1. The lowest BCUT2D eigenvalue weighted by molar-refractivity contribution is -0.0597. The van der Waals surface area contributed by atoms with Gasteiger partial charge in [0.05, 0.1) is 5.60 Å². The van der Waals surface area contributed by atoms with Gasteiger partial charge in [0.25, 0.3) is 0 Å². The van der Waals surface area contributed by atoms with Crippen molar-refractivity contribution in [1.29, 1.82) is 0 Å². The average molecular weight is 312 g/mol. The van der Waals surface area contributed by atoms with Crippen molar-refractivity contribution in [3.63, 3.8) is 0 Å². The second kappa shape index (κ2) is 5.69. The van der Waals surface area contributed by atoms with Crippen LogP contribution in [0, 0.1) is 5.95 Å². The summed E-state index contributed by atoms with van der Waals surface area (Å²) in [6, 6.07) is 14.3. The molecule has 0 saturated carbocycles. The molecule has 2 aromatic rings. The Morgan fingerprint density at radius 2 is 1.78 bits per heavy atom. The zero-order valence-corrected chi connectivity index (χ0v) is 13.0. The highest BCUT2D eigenvalue weighted by Crippen LogP contribution is 2.46. The Morgan fingerprint density at radius 1 is 1.09 bits per heavy atom. The predicted octanol–water partition coefficient (Wildman–Crippen LogP) is 3.24. The van der Waals surface area contributed by atoms with Crippen LogP contribution in [0.3, 0.4) is 0 Å². The lowest BCUT2D eigenvalue weighted by Crippen LogP contribution is -2.49. The van der Waals surface area contributed by atoms with E-state index in [1.807, 2.05) is 6.07 Å². The van der Waals surface area contributed by atoms with E-state index in [1.54, 1.807) is 6.07 Å². The quantitative estimate of drug-likeness (QED) is 0.884. The summed E-state index contributed by atoms with van der Waals surface area (Å²) in [5, 5.41) is 11.1. The van der Waals surface area contributed by atoms with Gasteiger partial charge in [0.2, 0.25) is 5.95 Å². The molecule has 3 nitrogen and oxygen atoms in total. The van der Waals surface area contributed by atoms with Crippen molar-refractivity contribution in [2.24, 2.45) is 0 Å². The SMILES string of the molecule is OC1(c2ccc(F)nc2)CC2CCC(C1)N2Cc1ccccc1. The lowest BCUT2D eigenvalue weighted by Gasteiger charge is -2.44. The fraction of sp³-hybridized carbons (Fsp3) is 0.421.